The summed E-state index contributed by atoms with van der Waals surface area (Å²) >= 11 is 0. The Labute approximate surface area is 705 Å². The highest BCUT2D eigenvalue weighted by molar-refractivity contribution is 6.13. The lowest BCUT2D eigenvalue weighted by Gasteiger charge is -2.13. The summed E-state index contributed by atoms with van der Waals surface area (Å²) < 4.78 is 0. The van der Waals surface area contributed by atoms with Gasteiger partial charge in [-0.1, -0.05) is 375 Å². The van der Waals surface area contributed by atoms with Gasteiger partial charge in [-0.15, -0.1) is 0 Å². The predicted molar refractivity (Wildman–Crippen MR) is 529 cm³/mol. The Morgan fingerprint density at radius 1 is 0.151 bits per heavy atom. The van der Waals surface area contributed by atoms with Crippen LogP contribution in [0.3, 0.4) is 0 Å². The topological polar surface area (TPSA) is 0 Å². The van der Waals surface area contributed by atoms with Crippen LogP contribution in [0.25, 0.3) is 151 Å². The Bertz CT molecular complexity index is 7140. The van der Waals surface area contributed by atoms with Gasteiger partial charge in [0.2, 0.25) is 0 Å². The lowest BCUT2D eigenvalue weighted by Crippen LogP contribution is -1.91. The van der Waals surface area contributed by atoms with Crippen molar-refractivity contribution in [2.75, 3.05) is 0 Å². The van der Waals surface area contributed by atoms with Crippen LogP contribution in [0.1, 0.15) is 126 Å². The molecule has 21 rings (SSSR count). The third-order valence-corrected chi connectivity index (χ3v) is 25.1. The molecular formula is C119H112. The van der Waals surface area contributed by atoms with E-state index >= 15 is 0 Å². The molecule has 0 nitrogen and oxygen atoms in total. The summed E-state index contributed by atoms with van der Waals surface area (Å²) in [5, 5.41) is 38.5. The molecule has 0 aliphatic heterocycles. The lowest BCUT2D eigenvalue weighted by atomic mass is 9.91. The summed E-state index contributed by atoms with van der Waals surface area (Å²) in [4.78, 5) is 0. The van der Waals surface area contributed by atoms with E-state index in [0.29, 0.717) is 0 Å². The Hall–Kier alpha value is -12.7. The third kappa shape index (κ3) is 17.0. The number of aryl methyl sites for hydroxylation is 14. The second-order valence-corrected chi connectivity index (χ2v) is 32.3. The number of hydrogen-bond donors (Lipinski definition) is 0. The fourth-order valence-corrected chi connectivity index (χ4v) is 18.5. The minimum Gasteiger partial charge on any atom is -0.0616 e. The largest absolute Gasteiger partial charge is 0.0616 e. The van der Waals surface area contributed by atoms with Crippen molar-refractivity contribution in [1.29, 1.82) is 0 Å². The van der Waals surface area contributed by atoms with Gasteiger partial charge in [0.1, 0.15) is 0 Å². The molecular weight excluding hydrogens is 1430 g/mol. The van der Waals surface area contributed by atoms with Crippen molar-refractivity contribution in [1.82, 2.24) is 0 Å². The fraction of sp³-hybridized carbons (Fsp3) is 0.176. The van der Waals surface area contributed by atoms with Crippen LogP contribution in [0.5, 0.6) is 0 Å². The van der Waals surface area contributed by atoms with Crippen LogP contribution in [0, 0.1) is 48.5 Å². The van der Waals surface area contributed by atoms with Crippen molar-refractivity contribution in [3.63, 3.8) is 0 Å². The first-order chi connectivity index (χ1) is 58.1. The summed E-state index contributed by atoms with van der Waals surface area (Å²) in [6.45, 7) is 30.9. The smallest absolute Gasteiger partial charge is 0.0102 e. The molecule has 21 aromatic rings. The van der Waals surface area contributed by atoms with Gasteiger partial charge in [0, 0.05) is 0 Å². The monoisotopic (exact) mass is 1540 g/mol. The van der Waals surface area contributed by atoms with Gasteiger partial charge in [0.05, 0.1) is 0 Å². The Morgan fingerprint density at radius 2 is 0.487 bits per heavy atom. The average molecular weight is 1540 g/mol. The second kappa shape index (κ2) is 36.8. The highest BCUT2D eigenvalue weighted by Gasteiger charge is 2.14. The van der Waals surface area contributed by atoms with E-state index in [0.717, 1.165) is 44.9 Å². The van der Waals surface area contributed by atoms with E-state index in [9.17, 15) is 0 Å². The van der Waals surface area contributed by atoms with Gasteiger partial charge >= 0.3 is 0 Å². The zero-order valence-corrected chi connectivity index (χ0v) is 72.3. The van der Waals surface area contributed by atoms with E-state index in [4.69, 9.17) is 0 Å². The molecule has 21 aromatic carbocycles. The maximum atomic E-state index is 2.33. The first-order valence-electron chi connectivity index (χ1n) is 43.4. The van der Waals surface area contributed by atoms with Crippen LogP contribution in [0.2, 0.25) is 0 Å². The van der Waals surface area contributed by atoms with Crippen molar-refractivity contribution in [3.05, 3.63) is 418 Å². The highest BCUT2D eigenvalue weighted by atomic mass is 14.2. The molecule has 0 heteroatoms. The van der Waals surface area contributed by atoms with Crippen molar-refractivity contribution < 1.29 is 0 Å². The summed E-state index contributed by atoms with van der Waals surface area (Å²) in [6.07, 6.45) is 7.64. The van der Waals surface area contributed by atoms with Gasteiger partial charge in [-0.25, -0.2) is 0 Å². The van der Waals surface area contributed by atoms with Crippen LogP contribution in [0.15, 0.2) is 340 Å². The zero-order valence-electron chi connectivity index (χ0n) is 72.3. The molecule has 0 saturated carbocycles. The van der Waals surface area contributed by atoms with Crippen LogP contribution < -0.4 is 0 Å². The highest BCUT2D eigenvalue weighted by Crippen LogP contribution is 2.38. The molecule has 588 valence electrons. The Morgan fingerprint density at radius 3 is 1.09 bits per heavy atom. The molecule has 0 aliphatic carbocycles. The summed E-state index contributed by atoms with van der Waals surface area (Å²) in [7, 11) is 0. The minimum atomic E-state index is 1.08. The molecule has 0 radical (unpaired) electrons. The average Bonchev–Trinajstić information content (AvgIpc) is 0.767. The third-order valence-electron chi connectivity index (χ3n) is 25.1. The summed E-state index contributed by atoms with van der Waals surface area (Å²) in [6, 6.07) is 124. The van der Waals surface area contributed by atoms with E-state index in [1.807, 2.05) is 0 Å². The number of fused-ring (bicyclic) bond motifs is 17. The first kappa shape index (κ1) is 81.4. The van der Waals surface area contributed by atoms with Gasteiger partial charge in [-0.05, 0) is 335 Å². The Kier molecular flexibility index (Phi) is 25.2. The van der Waals surface area contributed by atoms with E-state index in [1.54, 1.807) is 0 Å². The standard InChI is InChI=1S/7C17H16/c1-3-13-5-9-17-15(11-13)7-6-14-10-12(2)4-8-16(14)17;1-3-13-5-7-15-9-8-14-6-4-12(2)10-16(14)17(15)11-13;1-3-13-16-10-6-4-8-14(16)12(2)15-9-5-7-11-17(13)15;1-3-13-12(2)14-8-4-5-10-16(14)17-11-7-6-9-15(13)17;1-3-14-15-9-5-4-8-13(15)11-17-12(2)7-6-10-16(14)17;1-3-13-8-6-10-16-12(2)15-9-5-4-7-14(15)11-17(13)16;1-3-13-9-8-12(2)16-10-14-6-4-5-7-15(14)11-17(13)16/h7*4-11H,3H2,1-2H3. The lowest BCUT2D eigenvalue weighted by molar-refractivity contribution is 1.14. The quantitative estimate of drug-likeness (QED) is 0.110. The molecule has 0 amide bonds. The molecule has 0 heterocycles. The fourth-order valence-electron chi connectivity index (χ4n) is 18.5. The molecule has 0 bridgehead atoms. The molecule has 0 aromatic heterocycles. The molecule has 0 saturated heterocycles. The first-order valence-corrected chi connectivity index (χ1v) is 43.4. The molecule has 0 aliphatic rings. The predicted octanol–water partition coefficient (Wildman–Crippen LogP) is 34.0. The Balaban J connectivity index is 0.000000108. The van der Waals surface area contributed by atoms with Crippen LogP contribution in [0.4, 0.5) is 0 Å². The van der Waals surface area contributed by atoms with Crippen LogP contribution >= 0.6 is 0 Å². The van der Waals surface area contributed by atoms with Gasteiger partial charge < -0.3 is 0 Å². The van der Waals surface area contributed by atoms with Gasteiger partial charge in [0.15, 0.2) is 0 Å². The van der Waals surface area contributed by atoms with Crippen molar-refractivity contribution in [3.8, 4) is 0 Å². The van der Waals surface area contributed by atoms with E-state index < -0.39 is 0 Å². The van der Waals surface area contributed by atoms with Crippen molar-refractivity contribution in [2.45, 2.75) is 142 Å². The van der Waals surface area contributed by atoms with E-state index in [1.165, 1.54) is 229 Å². The maximum absolute atomic E-state index is 2.33. The van der Waals surface area contributed by atoms with Crippen LogP contribution in [-0.4, -0.2) is 0 Å². The summed E-state index contributed by atoms with van der Waals surface area (Å²) in [5.74, 6) is 0. The maximum Gasteiger partial charge on any atom is -0.0102 e. The van der Waals surface area contributed by atoms with Gasteiger partial charge in [0.25, 0.3) is 0 Å². The molecule has 0 N–H and O–H groups in total. The number of benzene rings is 21. The van der Waals surface area contributed by atoms with Crippen molar-refractivity contribution in [2.24, 2.45) is 0 Å². The molecule has 0 unspecified atom stereocenters. The SMILES string of the molecule is CCc1c(C)c2ccccc2c2ccccc12.CCc1c2ccccc2c(C)c2ccccc12.CCc1c2ccccc2cc2c(C)cccc12.CCc1ccc(C)c2cc3ccccc3cc12.CCc1ccc2c(ccc3cc(C)ccc32)c1.CCc1ccc2ccc3ccc(C)cc3c2c1.CCc1cccc2c(C)c3ccccc3cc12. The van der Waals surface area contributed by atoms with Gasteiger partial charge in [-0.3, -0.25) is 0 Å². The molecule has 0 fully saturated rings. The molecule has 0 atom stereocenters. The van der Waals surface area contributed by atoms with Gasteiger partial charge in [-0.2, -0.15) is 0 Å². The zero-order chi connectivity index (χ0) is 82.8. The molecule has 119 heavy (non-hydrogen) atoms. The van der Waals surface area contributed by atoms with Crippen molar-refractivity contribution >= 4 is 151 Å². The van der Waals surface area contributed by atoms with E-state index in [-0.39, 0.29) is 0 Å². The summed E-state index contributed by atoms with van der Waals surface area (Å²) in [5.41, 5.74) is 19.7. The van der Waals surface area contributed by atoms with Crippen LogP contribution in [-0.2, 0) is 44.9 Å². The molecule has 0 spiro atoms. The van der Waals surface area contributed by atoms with E-state index in [2.05, 4.69) is 437 Å². The normalized spacial score (nSPS) is 11.2. The second-order valence-electron chi connectivity index (χ2n) is 32.3. The number of rotatable bonds is 7. The minimum absolute atomic E-state index is 1.08. The number of hydrogen-bond acceptors (Lipinski definition) is 0.